The molecule has 1 aliphatic heterocycles. The van der Waals surface area contributed by atoms with Gasteiger partial charge in [-0.25, -0.2) is 0 Å². The van der Waals surface area contributed by atoms with Gasteiger partial charge in [0, 0.05) is 5.22 Å². The van der Waals surface area contributed by atoms with Crippen LogP contribution in [-0.4, -0.2) is 5.84 Å². The van der Waals surface area contributed by atoms with Gasteiger partial charge in [-0.05, 0) is 12.1 Å². The zero-order valence-corrected chi connectivity index (χ0v) is 6.14. The van der Waals surface area contributed by atoms with Gasteiger partial charge in [0.1, 0.15) is 0 Å². The second-order valence-corrected chi connectivity index (χ2v) is 2.31. The number of amidine groups is 1. The zero-order valence-electron chi connectivity index (χ0n) is 6.14. The van der Waals surface area contributed by atoms with Crippen molar-refractivity contribution in [3.8, 4) is 0 Å². The summed E-state index contributed by atoms with van der Waals surface area (Å²) in [4.78, 5) is 0. The average molecular weight is 162 g/mol. The molecule has 1 unspecified atom stereocenters. The molecule has 0 spiro atoms. The number of quaternary nitrogens is 1. The molecule has 1 aromatic carbocycles. The minimum atomic E-state index is -0.374. The highest BCUT2D eigenvalue weighted by Crippen LogP contribution is 1.99. The van der Waals surface area contributed by atoms with Gasteiger partial charge < -0.3 is 5.21 Å². The summed E-state index contributed by atoms with van der Waals surface area (Å²) in [7, 11) is 0. The van der Waals surface area contributed by atoms with Gasteiger partial charge in [0.15, 0.2) is 0 Å². The lowest BCUT2D eigenvalue weighted by atomic mass is 10.2. The number of benzene rings is 1. The van der Waals surface area contributed by atoms with E-state index in [1.165, 1.54) is 0 Å². The third kappa shape index (κ3) is 1.11. The maximum atomic E-state index is 11.0. The second kappa shape index (κ2) is 2.80. The zero-order chi connectivity index (χ0) is 8.39. The van der Waals surface area contributed by atoms with Crippen molar-refractivity contribution in [2.45, 2.75) is 0 Å². The van der Waals surface area contributed by atoms with Gasteiger partial charge in [0.25, 0.3) is 5.84 Å². The summed E-state index contributed by atoms with van der Waals surface area (Å²) in [5, 5.41) is 20.8. The topological polar surface area (TPSA) is 64.6 Å². The van der Waals surface area contributed by atoms with Crippen molar-refractivity contribution in [1.82, 2.24) is 0 Å². The highest BCUT2D eigenvalue weighted by molar-refractivity contribution is 5.92. The number of nitrogens with one attached hydrogen (secondary N) is 1. The molecule has 2 rings (SSSR count). The van der Waals surface area contributed by atoms with Crippen molar-refractivity contribution in [2.75, 3.05) is 0 Å². The van der Waals surface area contributed by atoms with Crippen LogP contribution < -0.4 is 5.17 Å². The van der Waals surface area contributed by atoms with E-state index < -0.39 is 0 Å². The van der Waals surface area contributed by atoms with E-state index in [2.05, 4.69) is 15.5 Å². The molecule has 0 bridgehead atoms. The van der Waals surface area contributed by atoms with Crippen LogP contribution in [0.5, 0.6) is 0 Å². The summed E-state index contributed by atoms with van der Waals surface area (Å²) in [6.07, 6.45) is 0. The summed E-state index contributed by atoms with van der Waals surface area (Å²) >= 11 is 0. The van der Waals surface area contributed by atoms with E-state index in [1.807, 2.05) is 18.2 Å². The van der Waals surface area contributed by atoms with Gasteiger partial charge in [0.05, 0.1) is 10.8 Å². The number of hydrogen-bond acceptors (Lipinski definition) is 4. The molecule has 5 nitrogen and oxygen atoms in total. The molecule has 12 heavy (non-hydrogen) atoms. The first kappa shape index (κ1) is 7.08. The van der Waals surface area contributed by atoms with E-state index in [-0.39, 0.29) is 5.17 Å². The molecule has 1 atom stereocenters. The predicted octanol–water partition coefficient (Wildman–Crippen LogP) is 0.112. The van der Waals surface area contributed by atoms with E-state index in [9.17, 15) is 5.21 Å². The summed E-state index contributed by atoms with van der Waals surface area (Å²) in [6, 6.07) is 9.14. The Kier molecular flexibility index (Phi) is 1.65. The highest BCUT2D eigenvalue weighted by Gasteiger charge is 2.15. The highest BCUT2D eigenvalue weighted by atomic mass is 16.5. The normalized spacial score (nSPS) is 21.1. The Morgan fingerprint density at radius 1 is 1.17 bits per heavy atom. The van der Waals surface area contributed by atoms with Crippen LogP contribution in [0.1, 0.15) is 5.56 Å². The number of hydroxylamine groups is 1. The molecule has 60 valence electrons. The molecule has 1 N–H and O–H groups in total. The summed E-state index contributed by atoms with van der Waals surface area (Å²) in [5.74, 6) is 0.315. The minimum absolute atomic E-state index is 0.315. The smallest absolute Gasteiger partial charge is 0.282 e. The van der Waals surface area contributed by atoms with Crippen LogP contribution in [0.25, 0.3) is 0 Å². The molecule has 0 aliphatic carbocycles. The molecule has 0 saturated carbocycles. The fraction of sp³-hybridized carbons (Fsp3) is 0. The molecule has 0 saturated heterocycles. The molecule has 0 aromatic heterocycles. The average Bonchev–Trinajstić information content (AvgIpc) is 2.53. The maximum Gasteiger partial charge on any atom is 0.282 e. The van der Waals surface area contributed by atoms with Crippen molar-refractivity contribution >= 4 is 5.84 Å². The monoisotopic (exact) mass is 162 g/mol. The van der Waals surface area contributed by atoms with Crippen LogP contribution in [0.4, 0.5) is 0 Å². The van der Waals surface area contributed by atoms with Crippen molar-refractivity contribution in [1.29, 1.82) is 0 Å². The molecule has 1 heterocycles. The standard InChI is InChI=1S/C7H6N4O/c12-11-7(8-9-10-11)6-4-2-1-3-5-6/h1-5,11H. The number of nitrogens with zero attached hydrogens (tertiary/aromatic N) is 3. The van der Waals surface area contributed by atoms with Gasteiger partial charge in [-0.2, -0.15) is 5.17 Å². The second-order valence-electron chi connectivity index (χ2n) is 2.31. The molecule has 0 fully saturated rings. The first-order chi connectivity index (χ1) is 5.88. The number of hydrogen-bond donors (Lipinski definition) is 1. The third-order valence-corrected chi connectivity index (χ3v) is 1.53. The third-order valence-electron chi connectivity index (χ3n) is 1.53. The Morgan fingerprint density at radius 2 is 1.92 bits per heavy atom. The lowest BCUT2D eigenvalue weighted by Gasteiger charge is -2.08. The van der Waals surface area contributed by atoms with Crippen LogP contribution in [-0.2, 0) is 0 Å². The van der Waals surface area contributed by atoms with Crippen LogP contribution in [0.15, 0.2) is 45.9 Å². The number of rotatable bonds is 1. The Morgan fingerprint density at radius 3 is 2.50 bits per heavy atom. The van der Waals surface area contributed by atoms with Crippen molar-refractivity contribution < 1.29 is 5.17 Å². The lowest BCUT2D eigenvalue weighted by Crippen LogP contribution is -3.04. The first-order valence-corrected chi connectivity index (χ1v) is 3.46. The molecular formula is C7H6N4O. The minimum Gasteiger partial charge on any atom is -0.598 e. The molecule has 5 heteroatoms. The van der Waals surface area contributed by atoms with Gasteiger partial charge in [-0.3, -0.25) is 0 Å². The van der Waals surface area contributed by atoms with Crippen LogP contribution in [0.2, 0.25) is 0 Å². The maximum absolute atomic E-state index is 11.0. The van der Waals surface area contributed by atoms with Crippen LogP contribution in [0, 0.1) is 5.21 Å². The van der Waals surface area contributed by atoms with Gasteiger partial charge in [0.2, 0.25) is 0 Å². The van der Waals surface area contributed by atoms with Gasteiger partial charge in [-0.1, -0.05) is 23.3 Å². The van der Waals surface area contributed by atoms with Crippen molar-refractivity contribution in [2.24, 2.45) is 15.5 Å². The van der Waals surface area contributed by atoms with Crippen molar-refractivity contribution in [3.05, 3.63) is 41.1 Å². The summed E-state index contributed by atoms with van der Waals surface area (Å²) in [6.45, 7) is 0. The predicted molar refractivity (Wildman–Crippen MR) is 42.2 cm³/mol. The van der Waals surface area contributed by atoms with E-state index in [0.717, 1.165) is 5.56 Å². The summed E-state index contributed by atoms with van der Waals surface area (Å²) < 4.78 is 0. The van der Waals surface area contributed by atoms with E-state index >= 15 is 0 Å². The molecule has 1 aromatic rings. The van der Waals surface area contributed by atoms with Gasteiger partial charge in [-0.15, -0.1) is 0 Å². The first-order valence-electron chi connectivity index (χ1n) is 3.46. The fourth-order valence-electron chi connectivity index (χ4n) is 0.975. The van der Waals surface area contributed by atoms with Gasteiger partial charge >= 0.3 is 0 Å². The quantitative estimate of drug-likeness (QED) is 0.585. The molecule has 0 amide bonds. The van der Waals surface area contributed by atoms with E-state index in [1.54, 1.807) is 12.1 Å². The summed E-state index contributed by atoms with van der Waals surface area (Å²) in [5.41, 5.74) is 0.757. The fourth-order valence-corrected chi connectivity index (χ4v) is 0.975. The Balaban J connectivity index is 2.34. The largest absolute Gasteiger partial charge is 0.598 e. The Bertz CT molecular complexity index is 333. The van der Waals surface area contributed by atoms with E-state index in [0.29, 0.717) is 5.84 Å². The lowest BCUT2D eigenvalue weighted by molar-refractivity contribution is -0.755. The van der Waals surface area contributed by atoms with Crippen molar-refractivity contribution in [3.63, 3.8) is 0 Å². The Hall–Kier alpha value is -1.59. The molecular weight excluding hydrogens is 156 g/mol. The Labute approximate surface area is 68.6 Å². The van der Waals surface area contributed by atoms with E-state index in [4.69, 9.17) is 0 Å². The van der Waals surface area contributed by atoms with Crippen LogP contribution in [0.3, 0.4) is 0 Å². The SMILES string of the molecule is [O-][NH+]1N=NN=C1c1ccccc1. The molecule has 0 radical (unpaired) electrons. The molecule has 1 aliphatic rings. The van der Waals surface area contributed by atoms with Crippen LogP contribution >= 0.6 is 0 Å².